The van der Waals surface area contributed by atoms with Gasteiger partial charge in [-0.15, -0.1) is 0 Å². The topological polar surface area (TPSA) is 60.7 Å². The van der Waals surface area contributed by atoms with Crippen molar-refractivity contribution < 1.29 is 23.8 Å². The Kier molecular flexibility index (Phi) is 4.45. The number of carbonyl (C=O) groups is 1. The molecule has 23 heavy (non-hydrogen) atoms. The van der Waals surface area contributed by atoms with Crippen LogP contribution in [0.25, 0.3) is 0 Å². The average Bonchev–Trinajstić information content (AvgIpc) is 3.00. The zero-order valence-electron chi connectivity index (χ0n) is 12.1. The summed E-state index contributed by atoms with van der Waals surface area (Å²) >= 11 is 12.2. The van der Waals surface area contributed by atoms with Crippen LogP contribution < -0.4 is 24.4 Å². The van der Waals surface area contributed by atoms with Gasteiger partial charge in [0.1, 0.15) is 12.7 Å². The van der Waals surface area contributed by atoms with Gasteiger partial charge in [0, 0.05) is 17.3 Å². The van der Waals surface area contributed by atoms with Gasteiger partial charge in [-0.1, -0.05) is 17.7 Å². The smallest absolute Gasteiger partial charge is 0.339 e. The highest BCUT2D eigenvalue weighted by Crippen LogP contribution is 2.32. The van der Waals surface area contributed by atoms with Crippen LogP contribution in [-0.2, 0) is 6.54 Å². The molecule has 1 aromatic heterocycles. The summed E-state index contributed by atoms with van der Waals surface area (Å²) in [6.45, 7) is 0.501. The van der Waals surface area contributed by atoms with Gasteiger partial charge in [-0.25, -0.2) is 0 Å². The standard InChI is InChI=1S/C15H12Cl2N2O4/c1-21-19-5-4-10(16)13(14(19)17)15(20)18-7-9-2-3-11-12(6-9)23-8-22-11/h2-6H,7-8H2,1H3/p+1. The van der Waals surface area contributed by atoms with E-state index in [9.17, 15) is 4.79 Å². The van der Waals surface area contributed by atoms with Gasteiger partial charge in [-0.05, 0) is 29.3 Å². The van der Waals surface area contributed by atoms with Crippen molar-refractivity contribution in [2.24, 2.45) is 0 Å². The predicted molar refractivity (Wildman–Crippen MR) is 82.9 cm³/mol. The molecule has 8 heteroatoms. The second kappa shape index (κ2) is 6.52. The molecule has 6 nitrogen and oxygen atoms in total. The molecule has 0 bridgehead atoms. The highest BCUT2D eigenvalue weighted by molar-refractivity contribution is 6.38. The van der Waals surface area contributed by atoms with E-state index in [-0.39, 0.29) is 22.5 Å². The maximum absolute atomic E-state index is 12.4. The summed E-state index contributed by atoms with van der Waals surface area (Å²) in [6.07, 6.45) is 1.53. The van der Waals surface area contributed by atoms with Crippen molar-refractivity contribution >= 4 is 29.1 Å². The van der Waals surface area contributed by atoms with Gasteiger partial charge < -0.3 is 14.8 Å². The van der Waals surface area contributed by atoms with Gasteiger partial charge in [0.25, 0.3) is 5.91 Å². The summed E-state index contributed by atoms with van der Waals surface area (Å²) in [5, 5.41) is 3.11. The van der Waals surface area contributed by atoms with Crippen molar-refractivity contribution in [2.45, 2.75) is 6.54 Å². The van der Waals surface area contributed by atoms with Crippen molar-refractivity contribution in [3.05, 3.63) is 51.8 Å². The first-order valence-electron chi connectivity index (χ1n) is 6.71. The number of rotatable bonds is 4. The lowest BCUT2D eigenvalue weighted by molar-refractivity contribution is -0.883. The lowest BCUT2D eigenvalue weighted by Gasteiger charge is -2.07. The molecular formula is C15H13Cl2N2O4+. The number of halogens is 2. The van der Waals surface area contributed by atoms with Crippen LogP contribution in [0.3, 0.4) is 0 Å². The Morgan fingerprint density at radius 2 is 2.09 bits per heavy atom. The zero-order valence-corrected chi connectivity index (χ0v) is 13.6. The fraction of sp³-hybridized carbons (Fsp3) is 0.200. The van der Waals surface area contributed by atoms with Crippen LogP contribution in [0.4, 0.5) is 0 Å². The molecule has 0 aliphatic carbocycles. The van der Waals surface area contributed by atoms with Crippen molar-refractivity contribution in [1.29, 1.82) is 0 Å². The lowest BCUT2D eigenvalue weighted by atomic mass is 10.2. The molecule has 1 amide bonds. The van der Waals surface area contributed by atoms with Crippen LogP contribution >= 0.6 is 23.2 Å². The van der Waals surface area contributed by atoms with Crippen molar-refractivity contribution in [2.75, 3.05) is 13.9 Å². The first-order valence-corrected chi connectivity index (χ1v) is 7.46. The number of nitrogens with one attached hydrogen (secondary N) is 1. The summed E-state index contributed by atoms with van der Waals surface area (Å²) in [7, 11) is 1.44. The SMILES string of the molecule is CO[n+]1ccc(Cl)c(C(=O)NCc2ccc3c(c2)OCO3)c1Cl. The molecule has 120 valence electrons. The predicted octanol–water partition coefficient (Wildman–Crippen LogP) is 2.00. The highest BCUT2D eigenvalue weighted by atomic mass is 35.5. The zero-order chi connectivity index (χ0) is 16.4. The van der Waals surface area contributed by atoms with E-state index in [1.807, 2.05) is 12.1 Å². The quantitative estimate of drug-likeness (QED) is 0.673. The first-order chi connectivity index (χ1) is 11.1. The summed E-state index contributed by atoms with van der Waals surface area (Å²) in [6, 6.07) is 6.99. The number of pyridine rings is 1. The van der Waals surface area contributed by atoms with Crippen LogP contribution in [-0.4, -0.2) is 19.8 Å². The van der Waals surface area contributed by atoms with E-state index < -0.39 is 5.91 Å². The van der Waals surface area contributed by atoms with E-state index in [0.29, 0.717) is 18.0 Å². The van der Waals surface area contributed by atoms with Crippen LogP contribution in [0.15, 0.2) is 30.5 Å². The van der Waals surface area contributed by atoms with E-state index in [1.165, 1.54) is 24.1 Å². The van der Waals surface area contributed by atoms with Crippen LogP contribution in [0, 0.1) is 0 Å². The average molecular weight is 356 g/mol. The van der Waals surface area contributed by atoms with Gasteiger partial charge in [-0.2, -0.15) is 0 Å². The van der Waals surface area contributed by atoms with Crippen molar-refractivity contribution in [3.63, 3.8) is 0 Å². The third kappa shape index (κ3) is 3.13. The van der Waals surface area contributed by atoms with Crippen LogP contribution in [0.5, 0.6) is 11.5 Å². The van der Waals surface area contributed by atoms with E-state index in [4.69, 9.17) is 37.5 Å². The molecule has 2 aromatic rings. The number of fused-ring (bicyclic) bond motifs is 1. The third-order valence-electron chi connectivity index (χ3n) is 3.31. The molecule has 2 heterocycles. The Morgan fingerprint density at radius 1 is 1.30 bits per heavy atom. The minimum absolute atomic E-state index is 0.100. The summed E-state index contributed by atoms with van der Waals surface area (Å²) in [4.78, 5) is 17.4. The maximum Gasteiger partial charge on any atom is 0.339 e. The van der Waals surface area contributed by atoms with Gasteiger partial charge in [0.2, 0.25) is 13.0 Å². The monoisotopic (exact) mass is 355 g/mol. The largest absolute Gasteiger partial charge is 0.454 e. The number of benzene rings is 1. The first kappa shape index (κ1) is 15.7. The van der Waals surface area contributed by atoms with Crippen LogP contribution in [0.2, 0.25) is 10.2 Å². The van der Waals surface area contributed by atoms with E-state index in [0.717, 1.165) is 5.56 Å². The fourth-order valence-corrected chi connectivity index (χ4v) is 2.75. The molecule has 0 spiro atoms. The molecule has 0 saturated carbocycles. The van der Waals surface area contributed by atoms with Gasteiger partial charge >= 0.3 is 5.15 Å². The minimum Gasteiger partial charge on any atom is -0.454 e. The number of ether oxygens (including phenoxy) is 2. The Morgan fingerprint density at radius 3 is 2.87 bits per heavy atom. The molecule has 0 unspecified atom stereocenters. The molecule has 0 radical (unpaired) electrons. The Labute approximate surface area is 142 Å². The molecule has 0 fully saturated rings. The Bertz CT molecular complexity index is 767. The summed E-state index contributed by atoms with van der Waals surface area (Å²) < 4.78 is 11.8. The summed E-state index contributed by atoms with van der Waals surface area (Å²) in [5.74, 6) is 0.948. The number of amides is 1. The summed E-state index contributed by atoms with van der Waals surface area (Å²) in [5.41, 5.74) is 1.02. The second-order valence-corrected chi connectivity index (χ2v) is 5.47. The van der Waals surface area contributed by atoms with Gasteiger partial charge in [0.15, 0.2) is 11.5 Å². The van der Waals surface area contributed by atoms with Gasteiger partial charge in [0.05, 0.1) is 5.02 Å². The second-order valence-electron chi connectivity index (χ2n) is 4.71. The molecule has 0 atom stereocenters. The van der Waals surface area contributed by atoms with Gasteiger partial charge in [-0.3, -0.25) is 9.63 Å². The number of hydrogen-bond donors (Lipinski definition) is 1. The molecule has 0 saturated heterocycles. The molecule has 3 rings (SSSR count). The van der Waals surface area contributed by atoms with Crippen molar-refractivity contribution in [1.82, 2.24) is 5.32 Å². The van der Waals surface area contributed by atoms with E-state index in [1.54, 1.807) is 6.07 Å². The van der Waals surface area contributed by atoms with Crippen LogP contribution in [0.1, 0.15) is 15.9 Å². The molecule has 1 aliphatic rings. The minimum atomic E-state index is -0.399. The Hall–Kier alpha value is -2.18. The van der Waals surface area contributed by atoms with E-state index in [2.05, 4.69) is 5.32 Å². The number of nitrogens with zero attached hydrogens (tertiary/aromatic N) is 1. The third-order valence-corrected chi connectivity index (χ3v) is 3.98. The van der Waals surface area contributed by atoms with E-state index >= 15 is 0 Å². The number of carbonyl (C=O) groups excluding carboxylic acids is 1. The molecular weight excluding hydrogens is 343 g/mol. The van der Waals surface area contributed by atoms with Crippen molar-refractivity contribution in [3.8, 4) is 11.5 Å². The molecule has 1 aliphatic heterocycles. The lowest BCUT2D eigenvalue weighted by Crippen LogP contribution is -2.43. The maximum atomic E-state index is 12.4. The fourth-order valence-electron chi connectivity index (χ4n) is 2.16. The number of hydrogen-bond acceptors (Lipinski definition) is 4. The molecule has 1 N–H and O–H groups in total. The highest BCUT2D eigenvalue weighted by Gasteiger charge is 2.25. The molecule has 1 aromatic carbocycles. The Balaban J connectivity index is 1.75. The normalized spacial score (nSPS) is 12.1. The number of aromatic nitrogens is 1.